The van der Waals surface area contributed by atoms with Gasteiger partial charge in [0, 0.05) is 17.6 Å². The summed E-state index contributed by atoms with van der Waals surface area (Å²) < 4.78 is 38.7. The van der Waals surface area contributed by atoms with Crippen molar-refractivity contribution in [3.05, 3.63) is 82.0 Å². The summed E-state index contributed by atoms with van der Waals surface area (Å²) in [6.07, 6.45) is -3.05. The Hall–Kier alpha value is -2.77. The molecule has 9 heteroatoms. The maximum absolute atomic E-state index is 12.9. The van der Waals surface area contributed by atoms with Gasteiger partial charge < -0.3 is 10.6 Å². The van der Waals surface area contributed by atoms with Crippen LogP contribution in [0.2, 0.25) is 10.0 Å². The first-order valence-electron chi connectivity index (χ1n) is 7.90. The van der Waals surface area contributed by atoms with Crippen molar-refractivity contribution in [2.45, 2.75) is 6.18 Å². The SMILES string of the molecule is O=C(Nc1ccc(Cl)c(Cl)c1)c1cccnc1Nc1cccc(C(F)(F)F)c1. The molecule has 0 aliphatic rings. The number of carbonyl (C=O) groups is 1. The van der Waals surface area contributed by atoms with Crippen LogP contribution < -0.4 is 10.6 Å². The van der Waals surface area contributed by atoms with Crippen LogP contribution in [0.5, 0.6) is 0 Å². The fourth-order valence-corrected chi connectivity index (χ4v) is 2.67. The van der Waals surface area contributed by atoms with Gasteiger partial charge in [-0.3, -0.25) is 4.79 Å². The molecular formula is C19H12Cl2F3N3O. The Morgan fingerprint density at radius 2 is 1.71 bits per heavy atom. The number of carbonyl (C=O) groups excluding carboxylic acids is 1. The van der Waals surface area contributed by atoms with Crippen LogP contribution in [0.3, 0.4) is 0 Å². The minimum Gasteiger partial charge on any atom is -0.340 e. The van der Waals surface area contributed by atoms with Crippen LogP contribution in [0.15, 0.2) is 60.8 Å². The predicted octanol–water partition coefficient (Wildman–Crippen LogP) is 6.40. The zero-order valence-electron chi connectivity index (χ0n) is 14.0. The molecule has 0 aliphatic carbocycles. The van der Waals surface area contributed by atoms with Crippen LogP contribution in [0.4, 0.5) is 30.4 Å². The Morgan fingerprint density at radius 3 is 2.43 bits per heavy atom. The highest BCUT2D eigenvalue weighted by Gasteiger charge is 2.30. The van der Waals surface area contributed by atoms with Gasteiger partial charge in [-0.15, -0.1) is 0 Å². The first-order chi connectivity index (χ1) is 13.2. The van der Waals surface area contributed by atoms with Crippen molar-refractivity contribution in [2.24, 2.45) is 0 Å². The van der Waals surface area contributed by atoms with Crippen LogP contribution in [0.25, 0.3) is 0 Å². The molecule has 0 saturated carbocycles. The first kappa shape index (κ1) is 20.0. The van der Waals surface area contributed by atoms with E-state index in [9.17, 15) is 18.0 Å². The van der Waals surface area contributed by atoms with E-state index in [0.29, 0.717) is 10.7 Å². The number of hydrogen-bond acceptors (Lipinski definition) is 3. The summed E-state index contributed by atoms with van der Waals surface area (Å²) in [5, 5.41) is 6.01. The van der Waals surface area contributed by atoms with E-state index < -0.39 is 17.6 Å². The quantitative estimate of drug-likeness (QED) is 0.508. The maximum Gasteiger partial charge on any atom is 0.416 e. The molecule has 3 rings (SSSR count). The van der Waals surface area contributed by atoms with Crippen LogP contribution in [0, 0.1) is 0 Å². The van der Waals surface area contributed by atoms with Crippen LogP contribution in [-0.4, -0.2) is 10.9 Å². The summed E-state index contributed by atoms with van der Waals surface area (Å²) in [5.74, 6) is -0.402. The van der Waals surface area contributed by atoms with E-state index in [-0.39, 0.29) is 22.1 Å². The van der Waals surface area contributed by atoms with Crippen molar-refractivity contribution < 1.29 is 18.0 Å². The molecular weight excluding hydrogens is 414 g/mol. The molecule has 0 spiro atoms. The predicted molar refractivity (Wildman–Crippen MR) is 103 cm³/mol. The lowest BCUT2D eigenvalue weighted by atomic mass is 10.1. The third-order valence-corrected chi connectivity index (χ3v) is 4.42. The molecule has 0 bridgehead atoms. The lowest BCUT2D eigenvalue weighted by Gasteiger charge is -2.13. The summed E-state index contributed by atoms with van der Waals surface area (Å²) in [6, 6.07) is 12.2. The first-order valence-corrected chi connectivity index (χ1v) is 8.65. The monoisotopic (exact) mass is 425 g/mol. The third-order valence-electron chi connectivity index (χ3n) is 3.68. The Balaban J connectivity index is 1.85. The van der Waals surface area contributed by atoms with Crippen LogP contribution in [-0.2, 0) is 6.18 Å². The van der Waals surface area contributed by atoms with E-state index in [0.717, 1.165) is 12.1 Å². The molecule has 4 nitrogen and oxygen atoms in total. The summed E-state index contributed by atoms with van der Waals surface area (Å²) in [6.45, 7) is 0. The van der Waals surface area contributed by atoms with Crippen molar-refractivity contribution in [1.29, 1.82) is 0 Å². The van der Waals surface area contributed by atoms with E-state index in [1.807, 2.05) is 0 Å². The number of nitrogens with one attached hydrogen (secondary N) is 2. The van der Waals surface area contributed by atoms with Gasteiger partial charge in [-0.25, -0.2) is 4.98 Å². The number of anilines is 3. The van der Waals surface area contributed by atoms with Crippen LogP contribution in [0.1, 0.15) is 15.9 Å². The standard InChI is InChI=1S/C19H12Cl2F3N3O/c20-15-7-6-13(10-16(15)21)27-18(28)14-5-2-8-25-17(14)26-12-4-1-3-11(9-12)19(22,23)24/h1-10H,(H,25,26)(H,27,28). The summed E-state index contributed by atoms with van der Waals surface area (Å²) in [5.41, 5.74) is -0.105. The van der Waals surface area contributed by atoms with E-state index in [2.05, 4.69) is 15.6 Å². The zero-order chi connectivity index (χ0) is 20.3. The second-order valence-corrected chi connectivity index (χ2v) is 6.50. The Bertz CT molecular complexity index is 1030. The second kappa shape index (κ2) is 8.08. The average Bonchev–Trinajstić information content (AvgIpc) is 2.65. The molecule has 144 valence electrons. The Labute approximate surface area is 168 Å². The molecule has 0 fully saturated rings. The van der Waals surface area contributed by atoms with Gasteiger partial charge in [-0.2, -0.15) is 13.2 Å². The Morgan fingerprint density at radius 1 is 0.929 bits per heavy atom. The van der Waals surface area contributed by atoms with Gasteiger partial charge in [0.2, 0.25) is 0 Å². The number of benzene rings is 2. The molecule has 2 aromatic carbocycles. The van der Waals surface area contributed by atoms with E-state index in [1.165, 1.54) is 36.5 Å². The largest absolute Gasteiger partial charge is 0.416 e. The number of rotatable bonds is 4. The van der Waals surface area contributed by atoms with Gasteiger partial charge in [0.05, 0.1) is 21.2 Å². The third kappa shape index (κ3) is 4.74. The van der Waals surface area contributed by atoms with E-state index in [4.69, 9.17) is 23.2 Å². The highest BCUT2D eigenvalue weighted by Crippen LogP contribution is 2.32. The van der Waals surface area contributed by atoms with Crippen molar-refractivity contribution in [1.82, 2.24) is 4.98 Å². The number of amides is 1. The van der Waals surface area contributed by atoms with Crippen molar-refractivity contribution in [2.75, 3.05) is 10.6 Å². The molecule has 1 heterocycles. The van der Waals surface area contributed by atoms with Crippen molar-refractivity contribution in [3.63, 3.8) is 0 Å². The van der Waals surface area contributed by atoms with Gasteiger partial charge in [0.25, 0.3) is 5.91 Å². The van der Waals surface area contributed by atoms with Gasteiger partial charge in [-0.05, 0) is 48.5 Å². The van der Waals surface area contributed by atoms with Crippen molar-refractivity contribution >= 4 is 46.3 Å². The van der Waals surface area contributed by atoms with Crippen molar-refractivity contribution in [3.8, 4) is 0 Å². The number of hydrogen-bond donors (Lipinski definition) is 2. The highest BCUT2D eigenvalue weighted by atomic mass is 35.5. The smallest absolute Gasteiger partial charge is 0.340 e. The lowest BCUT2D eigenvalue weighted by molar-refractivity contribution is -0.137. The van der Waals surface area contributed by atoms with E-state index in [1.54, 1.807) is 12.1 Å². The van der Waals surface area contributed by atoms with Gasteiger partial charge in [0.15, 0.2) is 0 Å². The molecule has 0 aliphatic heterocycles. The molecule has 28 heavy (non-hydrogen) atoms. The minimum absolute atomic E-state index is 0.111. The molecule has 3 aromatic rings. The summed E-state index contributed by atoms with van der Waals surface area (Å²) >= 11 is 11.8. The number of alkyl halides is 3. The van der Waals surface area contributed by atoms with E-state index >= 15 is 0 Å². The molecule has 1 aromatic heterocycles. The van der Waals surface area contributed by atoms with Gasteiger partial charge in [0.1, 0.15) is 5.82 Å². The molecule has 0 unspecified atom stereocenters. The fraction of sp³-hybridized carbons (Fsp3) is 0.0526. The molecule has 0 radical (unpaired) electrons. The maximum atomic E-state index is 12.9. The minimum atomic E-state index is -4.48. The number of aromatic nitrogens is 1. The topological polar surface area (TPSA) is 54.0 Å². The summed E-state index contributed by atoms with van der Waals surface area (Å²) in [4.78, 5) is 16.7. The average molecular weight is 426 g/mol. The normalized spacial score (nSPS) is 11.2. The van der Waals surface area contributed by atoms with Gasteiger partial charge in [-0.1, -0.05) is 29.3 Å². The lowest BCUT2D eigenvalue weighted by Crippen LogP contribution is -2.14. The molecule has 1 amide bonds. The Kier molecular flexibility index (Phi) is 5.76. The fourth-order valence-electron chi connectivity index (χ4n) is 2.37. The molecule has 0 atom stereocenters. The zero-order valence-corrected chi connectivity index (χ0v) is 15.5. The molecule has 2 N–H and O–H groups in total. The highest BCUT2D eigenvalue weighted by molar-refractivity contribution is 6.42. The number of halogens is 5. The number of nitrogens with zero attached hydrogens (tertiary/aromatic N) is 1. The molecule has 0 saturated heterocycles. The summed E-state index contributed by atoms with van der Waals surface area (Å²) in [7, 11) is 0. The second-order valence-electron chi connectivity index (χ2n) is 5.69. The van der Waals surface area contributed by atoms with Crippen LogP contribution >= 0.6 is 23.2 Å². The number of pyridine rings is 1. The van der Waals surface area contributed by atoms with Gasteiger partial charge >= 0.3 is 6.18 Å².